The largest absolute Gasteiger partial charge is 0.363 e. The van der Waals surface area contributed by atoms with Crippen molar-refractivity contribution in [3.05, 3.63) is 0 Å². The van der Waals surface area contributed by atoms with Gasteiger partial charge in [-0.25, -0.2) is 0 Å². The van der Waals surface area contributed by atoms with Crippen molar-refractivity contribution in [1.82, 2.24) is 16.0 Å². The summed E-state index contributed by atoms with van der Waals surface area (Å²) in [4.78, 5) is 11.6. The lowest BCUT2D eigenvalue weighted by Gasteiger charge is -2.24. The quantitative estimate of drug-likeness (QED) is 0.628. The maximum absolute atomic E-state index is 11.6. The van der Waals surface area contributed by atoms with Gasteiger partial charge in [-0.3, -0.25) is 4.79 Å². The topological polar surface area (TPSA) is 53.2 Å². The summed E-state index contributed by atoms with van der Waals surface area (Å²) in [7, 11) is 0. The van der Waals surface area contributed by atoms with Crippen molar-refractivity contribution in [1.29, 1.82) is 0 Å². The molecule has 0 aromatic heterocycles. The Morgan fingerprint density at radius 3 is 2.33 bits per heavy atom. The zero-order chi connectivity index (χ0) is 12.1. The second-order valence-electron chi connectivity index (χ2n) is 4.46. The van der Waals surface area contributed by atoms with Crippen LogP contribution in [0.25, 0.3) is 0 Å². The molecule has 3 N–H and O–H groups in total. The Morgan fingerprint density at radius 2 is 1.93 bits per heavy atom. The van der Waals surface area contributed by atoms with Crippen molar-refractivity contribution in [2.75, 3.05) is 6.54 Å². The van der Waals surface area contributed by atoms with Gasteiger partial charge >= 0.3 is 0 Å². The van der Waals surface area contributed by atoms with Gasteiger partial charge < -0.3 is 16.0 Å². The number of amides is 1. The average Bonchev–Trinajstić information content (AvgIpc) is 2.00. The van der Waals surface area contributed by atoms with E-state index in [2.05, 4.69) is 16.0 Å². The molecule has 0 bridgehead atoms. The summed E-state index contributed by atoms with van der Waals surface area (Å²) in [5.74, 6) is -0.0530. The van der Waals surface area contributed by atoms with E-state index in [9.17, 15) is 4.79 Å². The molecular formula is C10H21N3OS. The van der Waals surface area contributed by atoms with Crippen LogP contribution in [0.5, 0.6) is 0 Å². The van der Waals surface area contributed by atoms with E-state index < -0.39 is 0 Å². The summed E-state index contributed by atoms with van der Waals surface area (Å²) >= 11 is 4.99. The lowest BCUT2D eigenvalue weighted by Crippen LogP contribution is -2.52. The fourth-order valence-corrected chi connectivity index (χ4v) is 1.27. The molecule has 0 spiro atoms. The molecule has 1 amide bonds. The third kappa shape index (κ3) is 7.13. The highest BCUT2D eigenvalue weighted by Gasteiger charge is 2.19. The minimum atomic E-state index is -0.323. The summed E-state index contributed by atoms with van der Waals surface area (Å²) < 4.78 is 0. The van der Waals surface area contributed by atoms with Crippen molar-refractivity contribution in [3.63, 3.8) is 0 Å². The second kappa shape index (κ2) is 5.90. The van der Waals surface area contributed by atoms with Crippen LogP contribution in [0.4, 0.5) is 0 Å². The summed E-state index contributed by atoms with van der Waals surface area (Å²) in [5, 5.41) is 9.23. The first-order valence-electron chi connectivity index (χ1n) is 5.12. The minimum Gasteiger partial charge on any atom is -0.363 e. The molecule has 5 heteroatoms. The zero-order valence-corrected chi connectivity index (χ0v) is 10.9. The van der Waals surface area contributed by atoms with Crippen molar-refractivity contribution in [2.45, 2.75) is 46.2 Å². The lowest BCUT2D eigenvalue weighted by molar-refractivity contribution is -0.123. The van der Waals surface area contributed by atoms with E-state index in [-0.39, 0.29) is 17.5 Å². The Bertz CT molecular complexity index is 235. The highest BCUT2D eigenvalue weighted by Crippen LogP contribution is 1.99. The number of rotatable bonds is 3. The molecule has 0 fully saturated rings. The molecule has 0 rings (SSSR count). The number of hydrogen-bond donors (Lipinski definition) is 3. The summed E-state index contributed by atoms with van der Waals surface area (Å²) in [5.41, 5.74) is -0.215. The number of nitrogens with one attached hydrogen (secondary N) is 3. The molecule has 88 valence electrons. The molecule has 0 aromatic carbocycles. The van der Waals surface area contributed by atoms with E-state index in [1.54, 1.807) is 6.92 Å². The van der Waals surface area contributed by atoms with Crippen LogP contribution in [0, 0.1) is 0 Å². The molecule has 0 heterocycles. The van der Waals surface area contributed by atoms with Crippen LogP contribution < -0.4 is 16.0 Å². The molecule has 15 heavy (non-hydrogen) atoms. The van der Waals surface area contributed by atoms with Crippen molar-refractivity contribution >= 4 is 23.2 Å². The number of carbonyl (C=O) groups is 1. The second-order valence-corrected chi connectivity index (χ2v) is 4.87. The van der Waals surface area contributed by atoms with E-state index in [0.29, 0.717) is 5.11 Å². The van der Waals surface area contributed by atoms with Crippen LogP contribution >= 0.6 is 12.2 Å². The van der Waals surface area contributed by atoms with Crippen LogP contribution in [0.3, 0.4) is 0 Å². The lowest BCUT2D eigenvalue weighted by atomic mass is 10.1. The van der Waals surface area contributed by atoms with Crippen molar-refractivity contribution in [2.24, 2.45) is 0 Å². The van der Waals surface area contributed by atoms with Crippen LogP contribution in [0.2, 0.25) is 0 Å². The maximum atomic E-state index is 11.6. The fraction of sp³-hybridized carbons (Fsp3) is 0.800. The van der Waals surface area contributed by atoms with E-state index in [4.69, 9.17) is 12.2 Å². The normalized spacial score (nSPS) is 12.9. The predicted octanol–water partition coefficient (Wildman–Crippen LogP) is 0.774. The zero-order valence-electron chi connectivity index (χ0n) is 10.1. The minimum absolute atomic E-state index is 0.0530. The van der Waals surface area contributed by atoms with Crippen LogP contribution in [0.15, 0.2) is 0 Å². The first kappa shape index (κ1) is 14.2. The van der Waals surface area contributed by atoms with Gasteiger partial charge in [0, 0.05) is 12.1 Å². The Hall–Kier alpha value is -0.840. The van der Waals surface area contributed by atoms with Gasteiger partial charge in [0.15, 0.2) is 5.11 Å². The Morgan fingerprint density at radius 1 is 1.40 bits per heavy atom. The highest BCUT2D eigenvalue weighted by molar-refractivity contribution is 7.80. The SMILES string of the molecule is CCNC(=S)NC(C)C(=O)NC(C)(C)C. The van der Waals surface area contributed by atoms with Crippen molar-refractivity contribution in [3.8, 4) is 0 Å². The number of hydrogen-bond acceptors (Lipinski definition) is 2. The molecule has 0 radical (unpaired) electrons. The van der Waals surface area contributed by atoms with Gasteiger partial charge in [0.2, 0.25) is 5.91 Å². The molecule has 0 aromatic rings. The third-order valence-corrected chi connectivity index (χ3v) is 1.84. The molecule has 1 unspecified atom stereocenters. The Kier molecular flexibility index (Phi) is 5.57. The smallest absolute Gasteiger partial charge is 0.242 e. The molecule has 0 saturated heterocycles. The Balaban J connectivity index is 4.05. The summed E-state index contributed by atoms with van der Waals surface area (Å²) in [6.07, 6.45) is 0. The van der Waals surface area contributed by atoms with Gasteiger partial charge in [-0.05, 0) is 46.8 Å². The van der Waals surface area contributed by atoms with Crippen LogP contribution in [0.1, 0.15) is 34.6 Å². The van der Waals surface area contributed by atoms with Crippen molar-refractivity contribution < 1.29 is 4.79 Å². The summed E-state index contributed by atoms with van der Waals surface area (Å²) in [6.45, 7) is 10.3. The van der Waals surface area contributed by atoms with Crippen LogP contribution in [-0.4, -0.2) is 29.1 Å². The van der Waals surface area contributed by atoms with E-state index in [1.165, 1.54) is 0 Å². The number of carbonyl (C=O) groups excluding carboxylic acids is 1. The van der Waals surface area contributed by atoms with Gasteiger partial charge in [-0.15, -0.1) is 0 Å². The molecule has 0 aliphatic rings. The third-order valence-electron chi connectivity index (χ3n) is 1.58. The fourth-order valence-electron chi connectivity index (χ4n) is 0.952. The van der Waals surface area contributed by atoms with Gasteiger partial charge in [-0.2, -0.15) is 0 Å². The standard InChI is InChI=1S/C10H21N3OS/c1-6-11-9(15)12-7(2)8(14)13-10(3,4)5/h7H,6H2,1-5H3,(H,13,14)(H2,11,12,15). The van der Waals surface area contributed by atoms with Crippen LogP contribution in [-0.2, 0) is 4.79 Å². The number of thiocarbonyl (C=S) groups is 1. The predicted molar refractivity (Wildman–Crippen MR) is 66.8 cm³/mol. The van der Waals surface area contributed by atoms with E-state index >= 15 is 0 Å². The Labute approximate surface area is 97.2 Å². The van der Waals surface area contributed by atoms with Gasteiger partial charge in [-0.1, -0.05) is 0 Å². The molecular weight excluding hydrogens is 210 g/mol. The molecule has 0 aliphatic heterocycles. The molecule has 0 saturated carbocycles. The molecule has 0 aliphatic carbocycles. The molecule has 4 nitrogen and oxygen atoms in total. The monoisotopic (exact) mass is 231 g/mol. The highest BCUT2D eigenvalue weighted by atomic mass is 32.1. The van der Waals surface area contributed by atoms with Gasteiger partial charge in [0.25, 0.3) is 0 Å². The summed E-state index contributed by atoms with van der Waals surface area (Å²) in [6, 6.07) is -0.323. The molecule has 1 atom stereocenters. The van der Waals surface area contributed by atoms with E-state index in [0.717, 1.165) is 6.54 Å². The first-order chi connectivity index (χ1) is 6.76. The average molecular weight is 231 g/mol. The van der Waals surface area contributed by atoms with E-state index in [1.807, 2.05) is 27.7 Å². The maximum Gasteiger partial charge on any atom is 0.242 e. The van der Waals surface area contributed by atoms with Gasteiger partial charge in [0.05, 0.1) is 0 Å². The van der Waals surface area contributed by atoms with Gasteiger partial charge in [0.1, 0.15) is 6.04 Å². The first-order valence-corrected chi connectivity index (χ1v) is 5.53.